The van der Waals surface area contributed by atoms with Crippen LogP contribution in [0.3, 0.4) is 0 Å². The Bertz CT molecular complexity index is 1330. The summed E-state index contributed by atoms with van der Waals surface area (Å²) in [5.41, 5.74) is 1.26. The van der Waals surface area contributed by atoms with Gasteiger partial charge in [-0.05, 0) is 56.5 Å². The Morgan fingerprint density at radius 3 is 2.17 bits per heavy atom. The summed E-state index contributed by atoms with van der Waals surface area (Å²) in [6.45, 7) is 6.10. The molecule has 0 aromatic heterocycles. The molecule has 0 saturated heterocycles. The molecule has 214 valence electrons. The van der Waals surface area contributed by atoms with Crippen LogP contribution in [-0.2, 0) is 26.0 Å². The van der Waals surface area contributed by atoms with E-state index in [1.165, 1.54) is 17.0 Å². The van der Waals surface area contributed by atoms with Crippen LogP contribution in [0.1, 0.15) is 39.2 Å². The molecule has 0 spiro atoms. The van der Waals surface area contributed by atoms with Crippen LogP contribution in [0, 0.1) is 0 Å². The molecule has 3 aromatic carbocycles. The minimum Gasteiger partial charge on any atom is -0.492 e. The van der Waals surface area contributed by atoms with E-state index in [4.69, 9.17) is 4.74 Å². The van der Waals surface area contributed by atoms with Crippen LogP contribution < -0.4 is 14.4 Å². The Morgan fingerprint density at radius 2 is 1.52 bits per heavy atom. The van der Waals surface area contributed by atoms with E-state index in [2.05, 4.69) is 5.32 Å². The van der Waals surface area contributed by atoms with Crippen LogP contribution in [0.4, 0.5) is 5.69 Å². The van der Waals surface area contributed by atoms with E-state index in [9.17, 15) is 18.0 Å². The maximum Gasteiger partial charge on any atom is 0.264 e. The van der Waals surface area contributed by atoms with Crippen LogP contribution in [0.25, 0.3) is 0 Å². The van der Waals surface area contributed by atoms with Crippen LogP contribution in [0.15, 0.2) is 89.8 Å². The third kappa shape index (κ3) is 8.08. The van der Waals surface area contributed by atoms with E-state index in [1.54, 1.807) is 49.4 Å². The highest BCUT2D eigenvalue weighted by Gasteiger charge is 2.33. The van der Waals surface area contributed by atoms with E-state index in [1.807, 2.05) is 44.2 Å². The minimum atomic E-state index is -4.15. The predicted molar refractivity (Wildman–Crippen MR) is 158 cm³/mol. The zero-order valence-electron chi connectivity index (χ0n) is 23.5. The van der Waals surface area contributed by atoms with Crippen LogP contribution in [-0.4, -0.2) is 57.4 Å². The van der Waals surface area contributed by atoms with E-state index in [-0.39, 0.29) is 23.0 Å². The molecule has 0 aliphatic rings. The molecule has 0 bridgehead atoms. The maximum absolute atomic E-state index is 14.0. The molecule has 3 aromatic rings. The summed E-state index contributed by atoms with van der Waals surface area (Å²) in [4.78, 5) is 28.5. The van der Waals surface area contributed by atoms with Crippen LogP contribution in [0.2, 0.25) is 0 Å². The van der Waals surface area contributed by atoms with Gasteiger partial charge in [-0.1, -0.05) is 74.0 Å². The van der Waals surface area contributed by atoms with Crippen molar-refractivity contribution in [3.05, 3.63) is 90.5 Å². The van der Waals surface area contributed by atoms with Crippen molar-refractivity contribution < 1.29 is 22.7 Å². The zero-order chi connectivity index (χ0) is 29.0. The first kappa shape index (κ1) is 30.7. The monoisotopic (exact) mass is 565 g/mol. The second-order valence-corrected chi connectivity index (χ2v) is 11.2. The number of carbonyl (C=O) groups is 2. The van der Waals surface area contributed by atoms with Crippen molar-refractivity contribution in [2.45, 2.75) is 51.0 Å². The molecular formula is C31H39N3O5S. The van der Waals surface area contributed by atoms with Crippen molar-refractivity contribution in [3.8, 4) is 5.75 Å². The molecule has 1 atom stereocenters. The topological polar surface area (TPSA) is 96.0 Å². The van der Waals surface area contributed by atoms with Crippen molar-refractivity contribution in [2.24, 2.45) is 0 Å². The first-order chi connectivity index (χ1) is 19.3. The number of ether oxygens (including phenoxy) is 1. The standard InChI is InChI=1S/C31H39N3O5S/c1-4-6-22-32-31(36)25(3)33(23-21-26-15-9-7-10-16-26)30(35)24-34(28-19-13-14-20-29(28)39-5-2)40(37,38)27-17-11-8-12-18-27/h7-20,25H,4-6,21-24H2,1-3H3,(H,32,36)/t25-/m0/s1. The van der Waals surface area contributed by atoms with Gasteiger partial charge in [-0.2, -0.15) is 0 Å². The van der Waals surface area contributed by atoms with Gasteiger partial charge in [0.2, 0.25) is 11.8 Å². The molecular weight excluding hydrogens is 526 g/mol. The number of carbonyl (C=O) groups excluding carboxylic acids is 2. The third-order valence-electron chi connectivity index (χ3n) is 6.52. The molecule has 0 aliphatic heterocycles. The van der Waals surface area contributed by atoms with E-state index >= 15 is 0 Å². The number of hydrogen-bond acceptors (Lipinski definition) is 5. The van der Waals surface area contributed by atoms with Crippen molar-refractivity contribution >= 4 is 27.5 Å². The summed E-state index contributed by atoms with van der Waals surface area (Å²) in [6, 6.07) is 23.6. The normalized spacial score (nSPS) is 11.9. The van der Waals surface area contributed by atoms with Crippen LogP contribution in [0.5, 0.6) is 5.75 Å². The lowest BCUT2D eigenvalue weighted by Gasteiger charge is -2.32. The number of para-hydroxylation sites is 2. The average Bonchev–Trinajstić information content (AvgIpc) is 2.97. The smallest absolute Gasteiger partial charge is 0.264 e. The number of benzene rings is 3. The van der Waals surface area contributed by atoms with E-state index in [0.29, 0.717) is 25.3 Å². The molecule has 40 heavy (non-hydrogen) atoms. The number of anilines is 1. The summed E-state index contributed by atoms with van der Waals surface area (Å²) in [5, 5.41) is 2.90. The van der Waals surface area contributed by atoms with E-state index < -0.39 is 28.5 Å². The fourth-order valence-electron chi connectivity index (χ4n) is 4.28. The molecule has 0 fully saturated rings. The van der Waals surface area contributed by atoms with E-state index in [0.717, 1.165) is 22.7 Å². The lowest BCUT2D eigenvalue weighted by atomic mass is 10.1. The fourth-order valence-corrected chi connectivity index (χ4v) is 5.73. The van der Waals surface area contributed by atoms with Crippen LogP contribution >= 0.6 is 0 Å². The number of sulfonamides is 1. The predicted octanol–water partition coefficient (Wildman–Crippen LogP) is 4.66. The van der Waals surface area contributed by atoms with Gasteiger partial charge in [0.15, 0.2) is 0 Å². The van der Waals surface area contributed by atoms with Gasteiger partial charge in [-0.25, -0.2) is 8.42 Å². The van der Waals surface area contributed by atoms with Crippen molar-refractivity contribution in [2.75, 3.05) is 30.5 Å². The number of nitrogens with zero attached hydrogens (tertiary/aromatic N) is 2. The zero-order valence-corrected chi connectivity index (χ0v) is 24.3. The lowest BCUT2D eigenvalue weighted by Crippen LogP contribution is -2.52. The second kappa shape index (κ2) is 15.1. The Morgan fingerprint density at radius 1 is 0.900 bits per heavy atom. The van der Waals surface area contributed by atoms with Gasteiger partial charge in [0.1, 0.15) is 18.3 Å². The molecule has 0 unspecified atom stereocenters. The summed E-state index contributed by atoms with van der Waals surface area (Å²) in [7, 11) is -4.15. The number of amides is 2. The first-order valence-corrected chi connectivity index (χ1v) is 15.1. The fraction of sp³-hybridized carbons (Fsp3) is 0.355. The van der Waals surface area contributed by atoms with Crippen molar-refractivity contribution in [1.29, 1.82) is 0 Å². The number of rotatable bonds is 15. The Hall–Kier alpha value is -3.85. The molecule has 3 rings (SSSR count). The highest BCUT2D eigenvalue weighted by Crippen LogP contribution is 2.32. The van der Waals surface area contributed by atoms with Gasteiger partial charge in [-0.15, -0.1) is 0 Å². The maximum atomic E-state index is 14.0. The Balaban J connectivity index is 1.98. The van der Waals surface area contributed by atoms with Crippen molar-refractivity contribution in [3.63, 3.8) is 0 Å². The highest BCUT2D eigenvalue weighted by molar-refractivity contribution is 7.92. The van der Waals surface area contributed by atoms with Crippen molar-refractivity contribution in [1.82, 2.24) is 10.2 Å². The van der Waals surface area contributed by atoms with Gasteiger partial charge in [0, 0.05) is 13.1 Å². The number of nitrogens with one attached hydrogen (secondary N) is 1. The largest absolute Gasteiger partial charge is 0.492 e. The summed E-state index contributed by atoms with van der Waals surface area (Å²) >= 11 is 0. The molecule has 8 nitrogen and oxygen atoms in total. The molecule has 0 heterocycles. The minimum absolute atomic E-state index is 0.0512. The molecule has 1 N–H and O–H groups in total. The molecule has 2 amide bonds. The molecule has 9 heteroatoms. The van der Waals surface area contributed by atoms with Gasteiger partial charge < -0.3 is 15.0 Å². The second-order valence-electron chi connectivity index (χ2n) is 9.37. The van der Waals surface area contributed by atoms with Gasteiger partial charge in [-0.3, -0.25) is 13.9 Å². The summed E-state index contributed by atoms with van der Waals surface area (Å²) < 4.78 is 34.7. The first-order valence-electron chi connectivity index (χ1n) is 13.7. The average molecular weight is 566 g/mol. The number of unbranched alkanes of at least 4 members (excludes halogenated alkanes) is 1. The summed E-state index contributed by atoms with van der Waals surface area (Å²) in [5.74, 6) is -0.416. The molecule has 0 radical (unpaired) electrons. The van der Waals surface area contributed by atoms with Gasteiger partial charge >= 0.3 is 0 Å². The third-order valence-corrected chi connectivity index (χ3v) is 8.30. The lowest BCUT2D eigenvalue weighted by molar-refractivity contribution is -0.138. The summed E-state index contributed by atoms with van der Waals surface area (Å²) in [6.07, 6.45) is 2.27. The highest BCUT2D eigenvalue weighted by atomic mass is 32.2. The van der Waals surface area contributed by atoms with Gasteiger partial charge in [0.05, 0.1) is 17.2 Å². The quantitative estimate of drug-likeness (QED) is 0.271. The molecule has 0 saturated carbocycles. The number of hydrogen-bond donors (Lipinski definition) is 1. The SMILES string of the molecule is CCCCNC(=O)[C@H](C)N(CCc1ccccc1)C(=O)CN(c1ccccc1OCC)S(=O)(=O)c1ccccc1. The Labute approximate surface area is 238 Å². The van der Waals surface area contributed by atoms with Gasteiger partial charge in [0.25, 0.3) is 10.0 Å². The Kier molecular flexibility index (Phi) is 11.6. The molecule has 0 aliphatic carbocycles.